The monoisotopic (exact) mass is 420 g/mol. The van der Waals surface area contributed by atoms with Crippen LogP contribution < -0.4 is 16.0 Å². The van der Waals surface area contributed by atoms with Gasteiger partial charge in [-0.15, -0.1) is 0 Å². The minimum absolute atomic E-state index is 0.209. The molecule has 0 radical (unpaired) electrons. The highest BCUT2D eigenvalue weighted by Gasteiger charge is 2.23. The Morgan fingerprint density at radius 3 is 2.21 bits per heavy atom. The maximum Gasteiger partial charge on any atom is 0.315 e. The summed E-state index contributed by atoms with van der Waals surface area (Å²) in [6.07, 6.45) is 0.0717. The molecule has 0 saturated carbocycles. The molecule has 10 nitrogen and oxygen atoms in total. The van der Waals surface area contributed by atoms with E-state index in [0.29, 0.717) is 19.1 Å². The molecule has 5 unspecified atom stereocenters. The minimum atomic E-state index is -0.933. The van der Waals surface area contributed by atoms with Crippen molar-refractivity contribution < 1.29 is 29.3 Å². The molecule has 1 aliphatic heterocycles. The van der Waals surface area contributed by atoms with Crippen LogP contribution in [0.1, 0.15) is 27.2 Å². The summed E-state index contributed by atoms with van der Waals surface area (Å²) >= 11 is 0. The third-order valence-corrected chi connectivity index (χ3v) is 4.71. The summed E-state index contributed by atoms with van der Waals surface area (Å²) in [5.74, 6) is -0.0791. The van der Waals surface area contributed by atoms with Gasteiger partial charge in [0.2, 0.25) is 5.91 Å². The van der Waals surface area contributed by atoms with E-state index in [-0.39, 0.29) is 12.2 Å². The Morgan fingerprint density at radius 1 is 1.10 bits per heavy atom. The molecule has 0 spiro atoms. The van der Waals surface area contributed by atoms with Gasteiger partial charge in [0.15, 0.2) is 0 Å². The van der Waals surface area contributed by atoms with Crippen LogP contribution in [0.25, 0.3) is 0 Å². The zero-order valence-electron chi connectivity index (χ0n) is 18.6. The number of carbonyl (C=O) groups is 2. The number of hydrogen-bond acceptors (Lipinski definition) is 7. The summed E-state index contributed by atoms with van der Waals surface area (Å²) < 4.78 is 10.9. The first-order valence-electron chi connectivity index (χ1n) is 10.1. The summed E-state index contributed by atoms with van der Waals surface area (Å²) in [4.78, 5) is 24.2. The van der Waals surface area contributed by atoms with Crippen LogP contribution in [-0.4, -0.2) is 105 Å². The van der Waals surface area contributed by atoms with Gasteiger partial charge in [-0.3, -0.25) is 4.79 Å². The van der Waals surface area contributed by atoms with Crippen LogP contribution in [0.5, 0.6) is 0 Å². The number of carbonyl (C=O) groups excluding carboxylic acids is 2. The summed E-state index contributed by atoms with van der Waals surface area (Å²) in [6, 6.07) is -1.43. The standard InChI is InChI=1S/C12H25NO3.C7H15N3O3/c1-10(11(2)14)4-5-13(3)8-12-9-15-6-7-16-12;1-4(11)5(6(12)8-2)10-7(13)9-3/h10-12,14H,4-9H2,1-3H3;4-5,11H,1-3H3,(H,8,12)(H2,9,10,13). The lowest BCUT2D eigenvalue weighted by Crippen LogP contribution is -2.53. The normalized spacial score (nSPS) is 20.5. The van der Waals surface area contributed by atoms with Crippen LogP contribution >= 0.6 is 0 Å². The first kappa shape index (κ1) is 27.5. The number of amides is 3. The van der Waals surface area contributed by atoms with Crippen molar-refractivity contribution in [3.63, 3.8) is 0 Å². The number of nitrogens with one attached hydrogen (secondary N) is 3. The highest BCUT2D eigenvalue weighted by Crippen LogP contribution is 2.09. The SMILES string of the molecule is CC(O)C(C)CCN(C)CC1COCCO1.CNC(=O)NC(C(=O)NC)C(C)O. The molecule has 0 aromatic rings. The van der Waals surface area contributed by atoms with Crippen molar-refractivity contribution in [2.24, 2.45) is 5.92 Å². The van der Waals surface area contributed by atoms with E-state index in [0.717, 1.165) is 26.1 Å². The molecule has 5 N–H and O–H groups in total. The molecule has 3 amide bonds. The molecule has 0 aromatic carbocycles. The fourth-order valence-corrected chi connectivity index (χ4v) is 2.52. The molecule has 10 heteroatoms. The Kier molecular flexibility index (Phi) is 14.6. The Balaban J connectivity index is 0.000000555. The third kappa shape index (κ3) is 12.7. The van der Waals surface area contributed by atoms with E-state index in [4.69, 9.17) is 14.6 Å². The number of nitrogens with zero attached hydrogens (tertiary/aromatic N) is 1. The van der Waals surface area contributed by atoms with Crippen molar-refractivity contribution in [1.82, 2.24) is 20.9 Å². The summed E-state index contributed by atoms with van der Waals surface area (Å²) in [5.41, 5.74) is 0. The number of rotatable bonds is 9. The van der Waals surface area contributed by atoms with Gasteiger partial charge in [0.25, 0.3) is 0 Å². The average Bonchev–Trinajstić information content (AvgIpc) is 2.70. The van der Waals surface area contributed by atoms with E-state index in [1.54, 1.807) is 0 Å². The number of likely N-dealkylation sites (N-methyl/N-ethyl adjacent to an activating group) is 2. The van der Waals surface area contributed by atoms with Crippen molar-refractivity contribution in [2.45, 2.75) is 51.5 Å². The lowest BCUT2D eigenvalue weighted by atomic mass is 10.0. The van der Waals surface area contributed by atoms with Crippen molar-refractivity contribution in [1.29, 1.82) is 0 Å². The smallest absolute Gasteiger partial charge is 0.315 e. The van der Waals surface area contributed by atoms with Crippen molar-refractivity contribution in [3.8, 4) is 0 Å². The van der Waals surface area contributed by atoms with E-state index in [1.165, 1.54) is 21.0 Å². The number of urea groups is 1. The molecule has 29 heavy (non-hydrogen) atoms. The van der Waals surface area contributed by atoms with Gasteiger partial charge in [0.05, 0.1) is 38.1 Å². The maximum absolute atomic E-state index is 11.1. The van der Waals surface area contributed by atoms with Gasteiger partial charge >= 0.3 is 6.03 Å². The summed E-state index contributed by atoms with van der Waals surface area (Å²) in [7, 11) is 4.95. The first-order valence-corrected chi connectivity index (χ1v) is 10.1. The third-order valence-electron chi connectivity index (χ3n) is 4.71. The predicted molar refractivity (Wildman–Crippen MR) is 111 cm³/mol. The predicted octanol–water partition coefficient (Wildman–Crippen LogP) is -0.849. The highest BCUT2D eigenvalue weighted by molar-refractivity contribution is 5.87. The quantitative estimate of drug-likeness (QED) is 0.328. The van der Waals surface area contributed by atoms with Crippen LogP contribution in [0.2, 0.25) is 0 Å². The number of hydrogen-bond donors (Lipinski definition) is 5. The lowest BCUT2D eigenvalue weighted by Gasteiger charge is -2.28. The second-order valence-corrected chi connectivity index (χ2v) is 7.39. The van der Waals surface area contributed by atoms with Crippen LogP contribution in [0, 0.1) is 5.92 Å². The Hall–Kier alpha value is -1.46. The van der Waals surface area contributed by atoms with Crippen LogP contribution in [0.4, 0.5) is 4.79 Å². The molecule has 1 saturated heterocycles. The highest BCUT2D eigenvalue weighted by atomic mass is 16.6. The molecule has 1 aliphatic rings. The molecule has 1 fully saturated rings. The molecular formula is C19H40N4O6. The van der Waals surface area contributed by atoms with Gasteiger partial charge in [0, 0.05) is 20.6 Å². The van der Waals surface area contributed by atoms with Gasteiger partial charge in [-0.05, 0) is 39.8 Å². The lowest BCUT2D eigenvalue weighted by molar-refractivity contribution is -0.124. The maximum atomic E-state index is 11.1. The first-order chi connectivity index (χ1) is 13.6. The Morgan fingerprint density at radius 2 is 1.76 bits per heavy atom. The fourth-order valence-electron chi connectivity index (χ4n) is 2.52. The molecule has 0 bridgehead atoms. The number of aliphatic hydroxyl groups excluding tert-OH is 2. The van der Waals surface area contributed by atoms with E-state index in [2.05, 4.69) is 34.8 Å². The second kappa shape index (κ2) is 15.4. The summed E-state index contributed by atoms with van der Waals surface area (Å²) in [5, 5.41) is 25.5. The molecule has 172 valence electrons. The number of aliphatic hydroxyl groups is 2. The van der Waals surface area contributed by atoms with Crippen molar-refractivity contribution >= 4 is 11.9 Å². The summed E-state index contributed by atoms with van der Waals surface area (Å²) in [6.45, 7) is 9.40. The molecule has 5 atom stereocenters. The molecule has 0 aromatic heterocycles. The van der Waals surface area contributed by atoms with E-state index >= 15 is 0 Å². The number of ether oxygens (including phenoxy) is 2. The topological polar surface area (TPSA) is 132 Å². The fraction of sp³-hybridized carbons (Fsp3) is 0.895. The molecule has 1 rings (SSSR count). The van der Waals surface area contributed by atoms with Crippen LogP contribution in [-0.2, 0) is 14.3 Å². The van der Waals surface area contributed by atoms with Crippen molar-refractivity contribution in [3.05, 3.63) is 0 Å². The van der Waals surface area contributed by atoms with E-state index in [9.17, 15) is 14.7 Å². The van der Waals surface area contributed by atoms with Gasteiger partial charge in [0.1, 0.15) is 6.04 Å². The van der Waals surface area contributed by atoms with Gasteiger partial charge < -0.3 is 40.5 Å². The Bertz CT molecular complexity index is 458. The average molecular weight is 421 g/mol. The van der Waals surface area contributed by atoms with Gasteiger partial charge in [-0.2, -0.15) is 0 Å². The zero-order chi connectivity index (χ0) is 22.4. The van der Waals surface area contributed by atoms with Gasteiger partial charge in [-0.25, -0.2) is 4.79 Å². The van der Waals surface area contributed by atoms with E-state index in [1.807, 2.05) is 6.92 Å². The largest absolute Gasteiger partial charge is 0.393 e. The van der Waals surface area contributed by atoms with Crippen LogP contribution in [0.3, 0.4) is 0 Å². The van der Waals surface area contributed by atoms with E-state index < -0.39 is 24.1 Å². The minimum Gasteiger partial charge on any atom is -0.393 e. The second-order valence-electron chi connectivity index (χ2n) is 7.39. The van der Waals surface area contributed by atoms with Gasteiger partial charge in [-0.1, -0.05) is 6.92 Å². The van der Waals surface area contributed by atoms with Crippen molar-refractivity contribution in [2.75, 3.05) is 54.1 Å². The Labute approximate surface area is 174 Å². The molecular weight excluding hydrogens is 380 g/mol. The molecule has 1 heterocycles. The zero-order valence-corrected chi connectivity index (χ0v) is 18.6. The van der Waals surface area contributed by atoms with Crippen LogP contribution in [0.15, 0.2) is 0 Å². The molecule has 0 aliphatic carbocycles.